The Kier molecular flexibility index (Phi) is 6.14. The highest BCUT2D eigenvalue weighted by Gasteiger charge is 2.19. The Hall–Kier alpha value is -4.26. The summed E-state index contributed by atoms with van der Waals surface area (Å²) in [6, 6.07) is 23.9. The van der Waals surface area contributed by atoms with E-state index in [2.05, 4.69) is 5.10 Å². The lowest BCUT2D eigenvalue weighted by molar-refractivity contribution is -0.132. The zero-order valence-electron chi connectivity index (χ0n) is 19.4. The van der Waals surface area contributed by atoms with Crippen LogP contribution < -0.4 is 5.56 Å². The predicted molar refractivity (Wildman–Crippen MR) is 135 cm³/mol. The maximum absolute atomic E-state index is 14.5. The fourth-order valence-corrected chi connectivity index (χ4v) is 4.48. The largest absolute Gasteiger partial charge is 0.337 e. The highest BCUT2D eigenvalue weighted by atomic mass is 19.1. The molecule has 0 saturated heterocycles. The fraction of sp³-hybridized carbons (Fsp3) is 0.179. The normalized spacial score (nSPS) is 11.3. The van der Waals surface area contributed by atoms with Gasteiger partial charge in [-0.1, -0.05) is 66.7 Å². The minimum atomic E-state index is -0.376. The zero-order valence-corrected chi connectivity index (χ0v) is 19.4. The number of benzene rings is 3. The molecule has 35 heavy (non-hydrogen) atoms. The number of hydrogen-bond donors (Lipinski definition) is 0. The molecule has 0 fully saturated rings. The molecule has 2 aromatic heterocycles. The third-order valence-corrected chi connectivity index (χ3v) is 6.30. The summed E-state index contributed by atoms with van der Waals surface area (Å²) in [6.07, 6.45) is 1.62. The molecular weight excluding hydrogens is 443 g/mol. The minimum Gasteiger partial charge on any atom is -0.337 e. The summed E-state index contributed by atoms with van der Waals surface area (Å²) in [5.41, 5.74) is 2.34. The molecule has 0 bridgehead atoms. The quantitative estimate of drug-likeness (QED) is 0.351. The molecule has 176 valence electrons. The summed E-state index contributed by atoms with van der Waals surface area (Å²) in [5, 5.41) is 5.87. The van der Waals surface area contributed by atoms with Crippen LogP contribution in [0.15, 0.2) is 89.9 Å². The first-order valence-electron chi connectivity index (χ1n) is 11.6. The SMILES string of the molecule is CCN(Cc1ccccc1)C(=O)Cn1ncc2c3ccccc3n(Cc3ccccc3F)c2c1=O. The second kappa shape index (κ2) is 9.54. The summed E-state index contributed by atoms with van der Waals surface area (Å²) < 4.78 is 17.5. The number of likely N-dealkylation sites (N-methyl/N-ethyl adjacent to an activating group) is 1. The molecule has 2 heterocycles. The van der Waals surface area contributed by atoms with Gasteiger partial charge in [0.25, 0.3) is 5.56 Å². The average Bonchev–Trinajstić information content (AvgIpc) is 3.20. The Bertz CT molecular complexity index is 1570. The molecule has 0 aliphatic heterocycles. The van der Waals surface area contributed by atoms with Gasteiger partial charge in [-0.15, -0.1) is 0 Å². The first-order chi connectivity index (χ1) is 17.1. The topological polar surface area (TPSA) is 60.1 Å². The van der Waals surface area contributed by atoms with E-state index in [0.29, 0.717) is 29.6 Å². The highest BCUT2D eigenvalue weighted by molar-refractivity contribution is 6.07. The van der Waals surface area contributed by atoms with Gasteiger partial charge in [-0.05, 0) is 24.6 Å². The van der Waals surface area contributed by atoms with Gasteiger partial charge in [-0.3, -0.25) is 9.59 Å². The number of para-hydroxylation sites is 1. The third kappa shape index (κ3) is 4.33. The van der Waals surface area contributed by atoms with Gasteiger partial charge in [-0.2, -0.15) is 5.10 Å². The van der Waals surface area contributed by atoms with Crippen molar-refractivity contribution in [3.63, 3.8) is 0 Å². The molecule has 1 amide bonds. The van der Waals surface area contributed by atoms with Crippen LogP contribution in [0.1, 0.15) is 18.1 Å². The van der Waals surface area contributed by atoms with Crippen molar-refractivity contribution in [1.82, 2.24) is 19.2 Å². The molecule has 5 aromatic rings. The molecule has 0 radical (unpaired) electrons. The summed E-state index contributed by atoms with van der Waals surface area (Å²) in [4.78, 5) is 28.4. The number of carbonyl (C=O) groups excluding carboxylic acids is 1. The zero-order chi connectivity index (χ0) is 24.4. The van der Waals surface area contributed by atoms with E-state index in [9.17, 15) is 14.0 Å². The molecule has 0 aliphatic carbocycles. The van der Waals surface area contributed by atoms with E-state index in [4.69, 9.17) is 0 Å². The van der Waals surface area contributed by atoms with Gasteiger partial charge in [0.2, 0.25) is 5.91 Å². The van der Waals surface area contributed by atoms with Crippen molar-refractivity contribution in [1.29, 1.82) is 0 Å². The van der Waals surface area contributed by atoms with Crippen LogP contribution >= 0.6 is 0 Å². The third-order valence-electron chi connectivity index (χ3n) is 6.30. The van der Waals surface area contributed by atoms with E-state index in [-0.39, 0.29) is 30.4 Å². The Morgan fingerprint density at radius 3 is 2.43 bits per heavy atom. The number of carbonyl (C=O) groups is 1. The second-order valence-electron chi connectivity index (χ2n) is 8.46. The van der Waals surface area contributed by atoms with Crippen molar-refractivity contribution in [2.24, 2.45) is 0 Å². The summed E-state index contributed by atoms with van der Waals surface area (Å²) >= 11 is 0. The van der Waals surface area contributed by atoms with Gasteiger partial charge in [0.1, 0.15) is 17.9 Å². The van der Waals surface area contributed by atoms with Crippen molar-refractivity contribution >= 4 is 27.7 Å². The maximum atomic E-state index is 14.5. The van der Waals surface area contributed by atoms with Gasteiger partial charge in [0.15, 0.2) is 0 Å². The van der Waals surface area contributed by atoms with Crippen LogP contribution in [0.25, 0.3) is 21.8 Å². The number of halogens is 1. The molecule has 7 heteroatoms. The van der Waals surface area contributed by atoms with Crippen molar-refractivity contribution in [2.75, 3.05) is 6.54 Å². The standard InChI is InChI=1S/C28H25FN4O2/c1-2-31(17-20-10-4-3-5-11-20)26(34)19-33-28(35)27-23(16-30-33)22-13-7-9-15-25(22)32(27)18-21-12-6-8-14-24(21)29/h3-16H,2,17-19H2,1H3. The van der Waals surface area contributed by atoms with E-state index < -0.39 is 0 Å². The molecule has 0 spiro atoms. The van der Waals surface area contributed by atoms with Crippen LogP contribution in [0.4, 0.5) is 4.39 Å². The van der Waals surface area contributed by atoms with E-state index in [1.807, 2.05) is 66.1 Å². The van der Waals surface area contributed by atoms with Gasteiger partial charge < -0.3 is 9.47 Å². The van der Waals surface area contributed by atoms with Gasteiger partial charge in [0.05, 0.1) is 12.7 Å². The summed E-state index contributed by atoms with van der Waals surface area (Å²) in [6.45, 7) is 2.90. The number of amides is 1. The number of nitrogens with zero attached hydrogens (tertiary/aromatic N) is 4. The minimum absolute atomic E-state index is 0.170. The molecule has 5 rings (SSSR count). The van der Waals surface area contributed by atoms with Crippen LogP contribution in [-0.4, -0.2) is 31.7 Å². The summed E-state index contributed by atoms with van der Waals surface area (Å²) in [5.74, 6) is -0.524. The van der Waals surface area contributed by atoms with Crippen molar-refractivity contribution in [3.05, 3.63) is 112 Å². The Morgan fingerprint density at radius 1 is 0.943 bits per heavy atom. The molecule has 0 atom stereocenters. The molecular formula is C28H25FN4O2. The molecule has 6 nitrogen and oxygen atoms in total. The van der Waals surface area contributed by atoms with E-state index in [1.54, 1.807) is 29.3 Å². The van der Waals surface area contributed by atoms with Crippen LogP contribution in [0, 0.1) is 5.82 Å². The molecule has 0 N–H and O–H groups in total. The van der Waals surface area contributed by atoms with Crippen LogP contribution in [-0.2, 0) is 24.4 Å². The Labute approximate surface area is 201 Å². The Morgan fingerprint density at radius 2 is 1.66 bits per heavy atom. The lowest BCUT2D eigenvalue weighted by Gasteiger charge is -2.21. The maximum Gasteiger partial charge on any atom is 0.291 e. The van der Waals surface area contributed by atoms with Crippen molar-refractivity contribution in [3.8, 4) is 0 Å². The van der Waals surface area contributed by atoms with E-state index in [0.717, 1.165) is 16.5 Å². The number of hydrogen-bond acceptors (Lipinski definition) is 3. The smallest absolute Gasteiger partial charge is 0.291 e. The van der Waals surface area contributed by atoms with Crippen LogP contribution in [0.2, 0.25) is 0 Å². The van der Waals surface area contributed by atoms with Crippen LogP contribution in [0.5, 0.6) is 0 Å². The molecule has 0 aliphatic rings. The van der Waals surface area contributed by atoms with Gasteiger partial charge in [0, 0.05) is 34.9 Å². The fourth-order valence-electron chi connectivity index (χ4n) is 4.48. The number of rotatable bonds is 7. The number of fused-ring (bicyclic) bond motifs is 3. The van der Waals surface area contributed by atoms with E-state index in [1.165, 1.54) is 10.7 Å². The molecule has 0 unspecified atom stereocenters. The van der Waals surface area contributed by atoms with Crippen molar-refractivity contribution < 1.29 is 9.18 Å². The first kappa shape index (κ1) is 22.5. The van der Waals surface area contributed by atoms with Crippen molar-refractivity contribution in [2.45, 2.75) is 26.6 Å². The second-order valence-corrected chi connectivity index (χ2v) is 8.46. The predicted octanol–water partition coefficient (Wildman–Crippen LogP) is 4.59. The lowest BCUT2D eigenvalue weighted by atomic mass is 10.2. The van der Waals surface area contributed by atoms with Gasteiger partial charge in [-0.25, -0.2) is 9.07 Å². The summed E-state index contributed by atoms with van der Waals surface area (Å²) in [7, 11) is 0. The Balaban J connectivity index is 1.55. The van der Waals surface area contributed by atoms with Gasteiger partial charge >= 0.3 is 0 Å². The first-order valence-corrected chi connectivity index (χ1v) is 11.6. The number of aromatic nitrogens is 3. The molecule has 3 aromatic carbocycles. The molecule has 0 saturated carbocycles. The highest BCUT2D eigenvalue weighted by Crippen LogP contribution is 2.27. The average molecular weight is 469 g/mol. The van der Waals surface area contributed by atoms with E-state index >= 15 is 0 Å². The monoisotopic (exact) mass is 468 g/mol. The lowest BCUT2D eigenvalue weighted by Crippen LogP contribution is -2.37. The van der Waals surface area contributed by atoms with Crippen LogP contribution in [0.3, 0.4) is 0 Å².